The summed E-state index contributed by atoms with van der Waals surface area (Å²) in [6.07, 6.45) is 0.0770. The van der Waals surface area contributed by atoms with Gasteiger partial charge < -0.3 is 10.5 Å². The minimum atomic E-state index is -0.346. The third-order valence-corrected chi connectivity index (χ3v) is 5.54. The van der Waals surface area contributed by atoms with Gasteiger partial charge in [0.2, 0.25) is 0 Å². The lowest BCUT2D eigenvalue weighted by molar-refractivity contribution is -0.142. The number of hydrogen-bond acceptors (Lipinski definition) is 8. The van der Waals surface area contributed by atoms with E-state index < -0.39 is 0 Å². The molecule has 7 nitrogen and oxygen atoms in total. The number of nitrogens with one attached hydrogen (secondary N) is 1. The number of esters is 1. The molecule has 0 saturated carbocycles. The molecule has 3 aromatic heterocycles. The predicted octanol–water partition coefficient (Wildman–Crippen LogP) is 3.31. The molecule has 0 atom stereocenters. The lowest BCUT2D eigenvalue weighted by Crippen LogP contribution is -2.12. The van der Waals surface area contributed by atoms with Crippen molar-refractivity contribution in [2.45, 2.75) is 27.2 Å². The summed E-state index contributed by atoms with van der Waals surface area (Å²) in [6.45, 7) is 5.93. The van der Waals surface area contributed by atoms with Crippen LogP contribution in [-0.2, 0) is 16.0 Å². The maximum Gasteiger partial charge on any atom is 0.311 e. The first-order valence-corrected chi connectivity index (χ1v) is 9.66. The zero-order valence-electron chi connectivity index (χ0n) is 14.6. The number of thiazole rings is 1. The van der Waals surface area contributed by atoms with E-state index in [1.54, 1.807) is 12.3 Å². The minimum absolute atomic E-state index is 0.0770. The number of fused-ring (bicyclic) bond motifs is 1. The second-order valence-corrected chi connectivity index (χ2v) is 7.54. The van der Waals surface area contributed by atoms with E-state index in [9.17, 15) is 9.59 Å². The number of nitrogens with zero attached hydrogens (tertiary/aromatic N) is 2. The summed E-state index contributed by atoms with van der Waals surface area (Å²) >= 11 is 2.51. The van der Waals surface area contributed by atoms with E-state index >= 15 is 0 Å². The Labute approximate surface area is 158 Å². The highest BCUT2D eigenvalue weighted by Crippen LogP contribution is 2.35. The smallest absolute Gasteiger partial charge is 0.311 e. The monoisotopic (exact) mass is 390 g/mol. The minimum Gasteiger partial charge on any atom is -0.466 e. The quantitative estimate of drug-likeness (QED) is 0.647. The predicted molar refractivity (Wildman–Crippen MR) is 104 cm³/mol. The first kappa shape index (κ1) is 18.3. The molecule has 3 heterocycles. The third kappa shape index (κ3) is 3.68. The highest BCUT2D eigenvalue weighted by molar-refractivity contribution is 7.21. The first-order chi connectivity index (χ1) is 12.4. The average molecular weight is 390 g/mol. The molecule has 136 valence electrons. The van der Waals surface area contributed by atoms with Crippen LogP contribution in [0.5, 0.6) is 0 Å². The molecule has 3 aromatic rings. The normalized spacial score (nSPS) is 10.9. The van der Waals surface area contributed by atoms with Crippen molar-refractivity contribution in [3.8, 4) is 0 Å². The zero-order chi connectivity index (χ0) is 18.8. The number of anilines is 2. The van der Waals surface area contributed by atoms with Crippen molar-refractivity contribution in [3.63, 3.8) is 0 Å². The van der Waals surface area contributed by atoms with Crippen LogP contribution in [-0.4, -0.2) is 28.5 Å². The van der Waals surface area contributed by atoms with Gasteiger partial charge in [-0.1, -0.05) is 0 Å². The van der Waals surface area contributed by atoms with E-state index in [0.29, 0.717) is 28.0 Å². The van der Waals surface area contributed by atoms with Gasteiger partial charge in [-0.25, -0.2) is 9.97 Å². The molecule has 1 amide bonds. The van der Waals surface area contributed by atoms with Crippen LogP contribution in [0.4, 0.5) is 10.8 Å². The van der Waals surface area contributed by atoms with Crippen molar-refractivity contribution in [1.29, 1.82) is 0 Å². The molecule has 0 unspecified atom stereocenters. The molecule has 0 bridgehead atoms. The molecule has 0 spiro atoms. The molecule has 26 heavy (non-hydrogen) atoms. The van der Waals surface area contributed by atoms with E-state index in [2.05, 4.69) is 15.3 Å². The van der Waals surface area contributed by atoms with Crippen LogP contribution in [0.25, 0.3) is 10.2 Å². The molecule has 3 N–H and O–H groups in total. The van der Waals surface area contributed by atoms with Gasteiger partial charge in [0.15, 0.2) is 5.13 Å². The number of hydrogen-bond donors (Lipinski definition) is 2. The van der Waals surface area contributed by atoms with Gasteiger partial charge >= 0.3 is 5.97 Å². The van der Waals surface area contributed by atoms with Gasteiger partial charge in [-0.3, -0.25) is 14.9 Å². The lowest BCUT2D eigenvalue weighted by Gasteiger charge is -2.01. The van der Waals surface area contributed by atoms with Crippen LogP contribution in [0.2, 0.25) is 0 Å². The van der Waals surface area contributed by atoms with E-state index in [1.807, 2.05) is 19.9 Å². The molecule has 0 aliphatic carbocycles. The number of thiophene rings is 1. The summed E-state index contributed by atoms with van der Waals surface area (Å²) in [4.78, 5) is 34.0. The Morgan fingerprint density at radius 2 is 2.08 bits per heavy atom. The van der Waals surface area contributed by atoms with Crippen molar-refractivity contribution in [3.05, 3.63) is 33.3 Å². The molecule has 0 aromatic carbocycles. The van der Waals surface area contributed by atoms with Gasteiger partial charge in [0.05, 0.1) is 24.4 Å². The Kier molecular flexibility index (Phi) is 5.19. The van der Waals surface area contributed by atoms with Crippen molar-refractivity contribution in [2.24, 2.45) is 0 Å². The van der Waals surface area contributed by atoms with Gasteiger partial charge in [0.25, 0.3) is 5.91 Å². The number of nitrogen functional groups attached to an aromatic ring is 1. The number of carbonyl (C=O) groups is 2. The van der Waals surface area contributed by atoms with Crippen LogP contribution < -0.4 is 11.1 Å². The van der Waals surface area contributed by atoms with E-state index in [0.717, 1.165) is 21.5 Å². The SMILES string of the molecule is CCOC(=O)Cc1csc(NC(=O)c2sc3nc(C)cc(C)c3c2N)n1. The molecule has 0 aliphatic rings. The Morgan fingerprint density at radius 3 is 2.81 bits per heavy atom. The largest absolute Gasteiger partial charge is 0.466 e. The fourth-order valence-corrected chi connectivity index (χ4v) is 4.41. The second-order valence-electron chi connectivity index (χ2n) is 5.69. The van der Waals surface area contributed by atoms with E-state index in [-0.39, 0.29) is 18.3 Å². The second kappa shape index (κ2) is 7.38. The summed E-state index contributed by atoms with van der Waals surface area (Å²) in [7, 11) is 0. The number of nitrogens with two attached hydrogens (primary N) is 1. The molecule has 0 radical (unpaired) electrons. The fourth-order valence-electron chi connectivity index (χ4n) is 2.60. The number of pyridine rings is 1. The van der Waals surface area contributed by atoms with Crippen LogP contribution in [0, 0.1) is 13.8 Å². The third-order valence-electron chi connectivity index (χ3n) is 3.63. The Balaban J connectivity index is 1.80. The fraction of sp³-hybridized carbons (Fsp3) is 0.294. The maximum absolute atomic E-state index is 12.6. The Hall–Kier alpha value is -2.52. The number of aromatic nitrogens is 2. The number of aryl methyl sites for hydroxylation is 2. The zero-order valence-corrected chi connectivity index (χ0v) is 16.2. The highest BCUT2D eigenvalue weighted by atomic mass is 32.1. The average Bonchev–Trinajstić information content (AvgIpc) is 3.11. The number of rotatable bonds is 5. The van der Waals surface area contributed by atoms with Crippen molar-refractivity contribution in [2.75, 3.05) is 17.7 Å². The lowest BCUT2D eigenvalue weighted by atomic mass is 10.1. The number of carbonyl (C=O) groups excluding carboxylic acids is 2. The molecule has 0 saturated heterocycles. The standard InChI is InChI=1S/C17H18N4O3S2/c1-4-24-11(22)6-10-7-25-17(20-10)21-15(23)14-13(18)12-8(2)5-9(3)19-16(12)26-14/h5,7H,4,6,18H2,1-3H3,(H,20,21,23). The van der Waals surface area contributed by atoms with Crippen molar-refractivity contribution < 1.29 is 14.3 Å². The maximum atomic E-state index is 12.6. The topological polar surface area (TPSA) is 107 Å². The Bertz CT molecular complexity index is 993. The van der Waals surface area contributed by atoms with Gasteiger partial charge in [0, 0.05) is 16.5 Å². The van der Waals surface area contributed by atoms with Crippen molar-refractivity contribution in [1.82, 2.24) is 9.97 Å². The Morgan fingerprint density at radius 1 is 1.31 bits per heavy atom. The molecular formula is C17H18N4O3S2. The van der Waals surface area contributed by atoms with Gasteiger partial charge in [0.1, 0.15) is 9.71 Å². The van der Waals surface area contributed by atoms with Crippen LogP contribution in [0.15, 0.2) is 11.4 Å². The molecule has 9 heteroatoms. The number of amides is 1. The first-order valence-electron chi connectivity index (χ1n) is 7.96. The molecule has 0 aliphatic heterocycles. The summed E-state index contributed by atoms with van der Waals surface area (Å²) in [5.41, 5.74) is 9.04. The molecule has 0 fully saturated rings. The summed E-state index contributed by atoms with van der Waals surface area (Å²) in [6, 6.07) is 1.94. The van der Waals surface area contributed by atoms with E-state index in [1.165, 1.54) is 22.7 Å². The van der Waals surface area contributed by atoms with Crippen LogP contribution in [0.3, 0.4) is 0 Å². The summed E-state index contributed by atoms with van der Waals surface area (Å²) < 4.78 is 4.89. The number of ether oxygens (including phenoxy) is 1. The highest BCUT2D eigenvalue weighted by Gasteiger charge is 2.20. The summed E-state index contributed by atoms with van der Waals surface area (Å²) in [5, 5.41) is 5.68. The van der Waals surface area contributed by atoms with Gasteiger partial charge in [-0.05, 0) is 32.4 Å². The van der Waals surface area contributed by atoms with Crippen LogP contribution >= 0.6 is 22.7 Å². The summed E-state index contributed by atoms with van der Waals surface area (Å²) in [5.74, 6) is -0.680. The van der Waals surface area contributed by atoms with E-state index in [4.69, 9.17) is 10.5 Å². The van der Waals surface area contributed by atoms with Crippen LogP contribution in [0.1, 0.15) is 33.5 Å². The molecular weight excluding hydrogens is 372 g/mol. The van der Waals surface area contributed by atoms with Gasteiger partial charge in [-0.2, -0.15) is 0 Å². The van der Waals surface area contributed by atoms with Crippen molar-refractivity contribution >= 4 is 55.6 Å². The van der Waals surface area contributed by atoms with Gasteiger partial charge in [-0.15, -0.1) is 22.7 Å². The molecule has 3 rings (SSSR count).